The molecule has 0 unspecified atom stereocenters. The molecule has 1 aromatic carbocycles. The monoisotopic (exact) mass is 275 g/mol. The molecule has 0 heterocycles. The first-order valence-corrected chi connectivity index (χ1v) is 6.51. The molecule has 1 N–H and O–H groups in total. The molecule has 1 rings (SSSR count). The topological polar surface area (TPSA) is 65.4 Å². The number of nitriles is 1. The molecule has 20 heavy (non-hydrogen) atoms. The van der Waals surface area contributed by atoms with Gasteiger partial charge in [0.05, 0.1) is 19.2 Å². The van der Waals surface area contributed by atoms with Gasteiger partial charge in [-0.25, -0.2) is 0 Å². The molecule has 5 nitrogen and oxygen atoms in total. The van der Waals surface area contributed by atoms with Gasteiger partial charge in [0, 0.05) is 12.6 Å². The standard InChI is InChI=1S/C15H21N3O2/c1-11(2)17-15(19)10-18(3)9-12-5-6-13(8-16)14(7-12)20-4/h5-7,11H,9-10H2,1-4H3,(H,17,19). The molecule has 0 saturated heterocycles. The number of rotatable bonds is 6. The highest BCUT2D eigenvalue weighted by molar-refractivity contribution is 5.78. The van der Waals surface area contributed by atoms with Gasteiger partial charge in [0.15, 0.2) is 0 Å². The van der Waals surface area contributed by atoms with E-state index in [4.69, 9.17) is 10.00 Å². The van der Waals surface area contributed by atoms with Gasteiger partial charge >= 0.3 is 0 Å². The summed E-state index contributed by atoms with van der Waals surface area (Å²) in [6.45, 7) is 4.82. The van der Waals surface area contributed by atoms with Gasteiger partial charge in [-0.3, -0.25) is 9.69 Å². The van der Waals surface area contributed by atoms with Gasteiger partial charge in [-0.05, 0) is 38.6 Å². The lowest BCUT2D eigenvalue weighted by Crippen LogP contribution is -2.38. The zero-order chi connectivity index (χ0) is 15.1. The Hall–Kier alpha value is -2.06. The van der Waals surface area contributed by atoms with Crippen molar-refractivity contribution in [3.05, 3.63) is 29.3 Å². The first-order chi connectivity index (χ1) is 9.46. The summed E-state index contributed by atoms with van der Waals surface area (Å²) >= 11 is 0. The van der Waals surface area contributed by atoms with Crippen LogP contribution in [0.4, 0.5) is 0 Å². The number of ether oxygens (including phenoxy) is 1. The maximum Gasteiger partial charge on any atom is 0.234 e. The smallest absolute Gasteiger partial charge is 0.234 e. The van der Waals surface area contributed by atoms with Gasteiger partial charge in [-0.2, -0.15) is 5.26 Å². The van der Waals surface area contributed by atoms with Gasteiger partial charge < -0.3 is 10.1 Å². The quantitative estimate of drug-likeness (QED) is 0.855. The van der Waals surface area contributed by atoms with E-state index in [0.29, 0.717) is 24.4 Å². The van der Waals surface area contributed by atoms with Gasteiger partial charge in [0.1, 0.15) is 11.8 Å². The third-order valence-electron chi connectivity index (χ3n) is 2.70. The molecule has 0 spiro atoms. The van der Waals surface area contributed by atoms with Crippen LogP contribution in [-0.4, -0.2) is 37.6 Å². The number of amides is 1. The summed E-state index contributed by atoms with van der Waals surface area (Å²) in [5.74, 6) is 0.563. The van der Waals surface area contributed by atoms with Crippen LogP contribution in [0, 0.1) is 11.3 Å². The van der Waals surface area contributed by atoms with Gasteiger partial charge in [-0.15, -0.1) is 0 Å². The second-order valence-electron chi connectivity index (χ2n) is 5.04. The number of hydrogen-bond donors (Lipinski definition) is 1. The molecular formula is C15H21N3O2. The SMILES string of the molecule is COc1cc(CN(C)CC(=O)NC(C)C)ccc1C#N. The average molecular weight is 275 g/mol. The summed E-state index contributed by atoms with van der Waals surface area (Å²) in [6.07, 6.45) is 0. The fourth-order valence-electron chi connectivity index (χ4n) is 1.91. The van der Waals surface area contributed by atoms with Crippen molar-refractivity contribution < 1.29 is 9.53 Å². The summed E-state index contributed by atoms with van der Waals surface area (Å²) in [6, 6.07) is 7.66. The molecular weight excluding hydrogens is 254 g/mol. The van der Waals surface area contributed by atoms with E-state index in [-0.39, 0.29) is 11.9 Å². The predicted octanol–water partition coefficient (Wildman–Crippen LogP) is 1.52. The van der Waals surface area contributed by atoms with Crippen molar-refractivity contribution in [1.82, 2.24) is 10.2 Å². The van der Waals surface area contributed by atoms with Crippen LogP contribution >= 0.6 is 0 Å². The van der Waals surface area contributed by atoms with Crippen LogP contribution in [0.15, 0.2) is 18.2 Å². The maximum absolute atomic E-state index is 11.7. The zero-order valence-electron chi connectivity index (χ0n) is 12.4. The third-order valence-corrected chi connectivity index (χ3v) is 2.70. The van der Waals surface area contributed by atoms with Crippen LogP contribution in [0.5, 0.6) is 5.75 Å². The summed E-state index contributed by atoms with van der Waals surface area (Å²) < 4.78 is 5.17. The molecule has 0 saturated carbocycles. The molecule has 0 bridgehead atoms. The van der Waals surface area contributed by atoms with Crippen LogP contribution in [0.2, 0.25) is 0 Å². The van der Waals surface area contributed by atoms with Crippen LogP contribution in [0.25, 0.3) is 0 Å². The van der Waals surface area contributed by atoms with Crippen LogP contribution in [0.1, 0.15) is 25.0 Å². The van der Waals surface area contributed by atoms with Crippen molar-refractivity contribution in [2.45, 2.75) is 26.4 Å². The molecule has 0 atom stereocenters. The van der Waals surface area contributed by atoms with Gasteiger partial charge in [-0.1, -0.05) is 6.07 Å². The van der Waals surface area contributed by atoms with E-state index in [2.05, 4.69) is 11.4 Å². The normalized spacial score (nSPS) is 10.4. The summed E-state index contributed by atoms with van der Waals surface area (Å²) in [4.78, 5) is 13.6. The highest BCUT2D eigenvalue weighted by Crippen LogP contribution is 2.19. The highest BCUT2D eigenvalue weighted by Gasteiger charge is 2.10. The number of carbonyl (C=O) groups is 1. The Bertz CT molecular complexity index is 506. The Balaban J connectivity index is 2.64. The largest absolute Gasteiger partial charge is 0.495 e. The molecule has 0 aromatic heterocycles. The molecule has 5 heteroatoms. The van der Waals surface area contributed by atoms with Crippen molar-refractivity contribution in [2.75, 3.05) is 20.7 Å². The van der Waals surface area contributed by atoms with E-state index in [0.717, 1.165) is 5.56 Å². The van der Waals surface area contributed by atoms with E-state index in [1.807, 2.05) is 37.9 Å². The van der Waals surface area contributed by atoms with E-state index in [1.165, 1.54) is 0 Å². The third kappa shape index (κ3) is 4.90. The molecule has 1 amide bonds. The first kappa shape index (κ1) is 16.0. The number of carbonyl (C=O) groups excluding carboxylic acids is 1. The van der Waals surface area contributed by atoms with Crippen molar-refractivity contribution >= 4 is 5.91 Å². The summed E-state index contributed by atoms with van der Waals surface area (Å²) in [7, 11) is 3.42. The molecule has 0 aliphatic rings. The van der Waals surface area contributed by atoms with Crippen molar-refractivity contribution in [3.63, 3.8) is 0 Å². The van der Waals surface area contributed by atoms with Crippen LogP contribution in [0.3, 0.4) is 0 Å². The summed E-state index contributed by atoms with van der Waals surface area (Å²) in [5.41, 5.74) is 1.51. The average Bonchev–Trinajstić information content (AvgIpc) is 2.37. The second kappa shape index (κ2) is 7.51. The molecule has 108 valence electrons. The predicted molar refractivity (Wildman–Crippen MR) is 77.3 cm³/mol. The van der Waals surface area contributed by atoms with E-state index < -0.39 is 0 Å². The number of hydrogen-bond acceptors (Lipinski definition) is 4. The van der Waals surface area contributed by atoms with E-state index in [9.17, 15) is 4.79 Å². The molecule has 0 fully saturated rings. The highest BCUT2D eigenvalue weighted by atomic mass is 16.5. The van der Waals surface area contributed by atoms with Crippen LogP contribution < -0.4 is 10.1 Å². The Morgan fingerprint density at radius 2 is 2.20 bits per heavy atom. The lowest BCUT2D eigenvalue weighted by atomic mass is 10.1. The lowest BCUT2D eigenvalue weighted by Gasteiger charge is -2.18. The summed E-state index contributed by atoms with van der Waals surface area (Å²) in [5, 5.41) is 11.8. The minimum absolute atomic E-state index is 0.00288. The maximum atomic E-state index is 11.7. The minimum atomic E-state index is 0.00288. The Morgan fingerprint density at radius 1 is 1.50 bits per heavy atom. The fourth-order valence-corrected chi connectivity index (χ4v) is 1.91. The van der Waals surface area contributed by atoms with Crippen LogP contribution in [-0.2, 0) is 11.3 Å². The van der Waals surface area contributed by atoms with Crippen molar-refractivity contribution in [3.8, 4) is 11.8 Å². The number of benzene rings is 1. The van der Waals surface area contributed by atoms with Crippen molar-refractivity contribution in [2.24, 2.45) is 0 Å². The van der Waals surface area contributed by atoms with Crippen molar-refractivity contribution in [1.29, 1.82) is 5.26 Å². The minimum Gasteiger partial charge on any atom is -0.495 e. The molecule has 1 aromatic rings. The first-order valence-electron chi connectivity index (χ1n) is 6.51. The Morgan fingerprint density at radius 3 is 2.75 bits per heavy atom. The van der Waals surface area contributed by atoms with Gasteiger partial charge in [0.25, 0.3) is 0 Å². The lowest BCUT2D eigenvalue weighted by molar-refractivity contribution is -0.122. The molecule has 0 aliphatic heterocycles. The molecule has 0 radical (unpaired) electrons. The Labute approximate surface area is 120 Å². The number of nitrogens with zero attached hydrogens (tertiary/aromatic N) is 2. The second-order valence-corrected chi connectivity index (χ2v) is 5.04. The molecule has 0 aliphatic carbocycles. The zero-order valence-corrected chi connectivity index (χ0v) is 12.4. The Kier molecular flexibility index (Phi) is 6.01. The van der Waals surface area contributed by atoms with E-state index >= 15 is 0 Å². The van der Waals surface area contributed by atoms with E-state index in [1.54, 1.807) is 13.2 Å². The number of methoxy groups -OCH3 is 1. The number of nitrogens with one attached hydrogen (secondary N) is 1. The fraction of sp³-hybridized carbons (Fsp3) is 0.467. The number of likely N-dealkylation sites (N-methyl/N-ethyl adjacent to an activating group) is 1. The van der Waals surface area contributed by atoms with Gasteiger partial charge in [0.2, 0.25) is 5.91 Å².